The van der Waals surface area contributed by atoms with Crippen LogP contribution in [0.3, 0.4) is 0 Å². The van der Waals surface area contributed by atoms with Crippen molar-refractivity contribution in [1.29, 1.82) is 0 Å². The van der Waals surface area contributed by atoms with Gasteiger partial charge in [0.15, 0.2) is 0 Å². The third-order valence-electron chi connectivity index (χ3n) is 3.24. The van der Waals surface area contributed by atoms with Gasteiger partial charge >= 0.3 is 0 Å². The third kappa shape index (κ3) is 2.82. The first-order valence-electron chi connectivity index (χ1n) is 5.95. The van der Waals surface area contributed by atoms with Gasteiger partial charge in [0, 0.05) is 6.92 Å². The van der Waals surface area contributed by atoms with Crippen LogP contribution in [0.5, 0.6) is 5.75 Å². The number of aliphatic hydroxyl groups is 1. The van der Waals surface area contributed by atoms with Crippen molar-refractivity contribution in [1.82, 2.24) is 5.32 Å². The highest BCUT2D eigenvalue weighted by molar-refractivity contribution is 5.73. The fraction of sp³-hybridized carbons (Fsp3) is 0.500. The summed E-state index contributed by atoms with van der Waals surface area (Å²) in [6, 6.07) is 1.56. The zero-order chi connectivity index (χ0) is 13.9. The summed E-state index contributed by atoms with van der Waals surface area (Å²) in [5.74, 6) is 0.676. The van der Waals surface area contributed by atoms with Gasteiger partial charge in [0.25, 0.3) is 0 Å². The number of carbonyl (C=O) groups excluding carboxylic acids is 1. The van der Waals surface area contributed by atoms with E-state index in [4.69, 9.17) is 4.74 Å². The minimum Gasteiger partial charge on any atom is -0.496 e. The number of aryl methyl sites for hydroxylation is 1. The molecule has 0 saturated heterocycles. The van der Waals surface area contributed by atoms with Gasteiger partial charge in [-0.2, -0.15) is 0 Å². The van der Waals surface area contributed by atoms with Crippen LogP contribution in [-0.2, 0) is 4.79 Å². The molecular weight excluding hydrogens is 230 g/mol. The predicted molar refractivity (Wildman–Crippen MR) is 70.8 cm³/mol. The molecule has 0 fully saturated rings. The molecule has 0 aromatic heterocycles. The number of nitrogens with one attached hydrogen (secondary N) is 1. The van der Waals surface area contributed by atoms with Gasteiger partial charge in [-0.3, -0.25) is 4.79 Å². The van der Waals surface area contributed by atoms with E-state index in [9.17, 15) is 9.90 Å². The number of amides is 1. The van der Waals surface area contributed by atoms with E-state index in [-0.39, 0.29) is 18.6 Å². The van der Waals surface area contributed by atoms with Crippen molar-refractivity contribution in [3.05, 3.63) is 28.3 Å². The molecule has 0 spiro atoms. The number of methoxy groups -OCH3 is 1. The van der Waals surface area contributed by atoms with Crippen LogP contribution in [0.15, 0.2) is 6.07 Å². The van der Waals surface area contributed by atoms with E-state index in [0.29, 0.717) is 0 Å². The van der Waals surface area contributed by atoms with Crippen LogP contribution in [0.4, 0.5) is 0 Å². The van der Waals surface area contributed by atoms with Gasteiger partial charge in [0.05, 0.1) is 19.8 Å². The van der Waals surface area contributed by atoms with Crippen molar-refractivity contribution < 1.29 is 14.6 Å². The van der Waals surface area contributed by atoms with Gasteiger partial charge in [-0.1, -0.05) is 0 Å². The largest absolute Gasteiger partial charge is 0.496 e. The normalized spacial score (nSPS) is 12.1. The Bertz CT molecular complexity index is 455. The number of hydrogen-bond acceptors (Lipinski definition) is 3. The number of hydrogen-bond donors (Lipinski definition) is 2. The van der Waals surface area contributed by atoms with Crippen molar-refractivity contribution in [2.75, 3.05) is 13.7 Å². The second kappa shape index (κ2) is 5.87. The summed E-state index contributed by atoms with van der Waals surface area (Å²) < 4.78 is 5.31. The van der Waals surface area contributed by atoms with Gasteiger partial charge < -0.3 is 15.2 Å². The molecule has 0 aliphatic carbocycles. The van der Waals surface area contributed by atoms with Gasteiger partial charge in [0.2, 0.25) is 5.91 Å². The Morgan fingerprint density at radius 3 is 2.44 bits per heavy atom. The van der Waals surface area contributed by atoms with Crippen LogP contribution in [0.25, 0.3) is 0 Å². The third-order valence-corrected chi connectivity index (χ3v) is 3.24. The zero-order valence-electron chi connectivity index (χ0n) is 11.6. The van der Waals surface area contributed by atoms with E-state index in [1.54, 1.807) is 7.11 Å². The average Bonchev–Trinajstić information content (AvgIpc) is 2.32. The van der Waals surface area contributed by atoms with E-state index in [1.807, 2.05) is 26.8 Å². The lowest BCUT2D eigenvalue weighted by molar-refractivity contribution is -0.120. The molecular formula is C14H21NO3. The lowest BCUT2D eigenvalue weighted by Crippen LogP contribution is -2.30. The van der Waals surface area contributed by atoms with Gasteiger partial charge in [-0.25, -0.2) is 0 Å². The maximum absolute atomic E-state index is 11.2. The number of carbonyl (C=O) groups is 1. The summed E-state index contributed by atoms with van der Waals surface area (Å²) in [6.07, 6.45) is 0. The van der Waals surface area contributed by atoms with Gasteiger partial charge in [-0.05, 0) is 49.1 Å². The molecule has 0 radical (unpaired) electrons. The van der Waals surface area contributed by atoms with E-state index >= 15 is 0 Å². The standard InChI is InChI=1S/C14H21NO3/c1-8-6-13(18-5)9(2)10(3)14(8)12(7-16)15-11(4)17/h6,12,16H,7H2,1-5H3,(H,15,17). The van der Waals surface area contributed by atoms with Crippen LogP contribution in [0.2, 0.25) is 0 Å². The summed E-state index contributed by atoms with van der Waals surface area (Å²) in [6.45, 7) is 7.23. The lowest BCUT2D eigenvalue weighted by atomic mass is 9.92. The topological polar surface area (TPSA) is 58.6 Å². The molecule has 0 saturated carbocycles. The minimum absolute atomic E-state index is 0.118. The molecule has 0 bridgehead atoms. The maximum atomic E-state index is 11.2. The molecule has 100 valence electrons. The Hall–Kier alpha value is -1.55. The molecule has 0 aliphatic heterocycles. The summed E-state index contributed by atoms with van der Waals surface area (Å²) in [5.41, 5.74) is 4.04. The minimum atomic E-state index is -0.368. The van der Waals surface area contributed by atoms with Gasteiger partial charge in [-0.15, -0.1) is 0 Å². The number of ether oxygens (including phenoxy) is 1. The molecule has 0 heterocycles. The van der Waals surface area contributed by atoms with Crippen molar-refractivity contribution in [3.8, 4) is 5.75 Å². The molecule has 18 heavy (non-hydrogen) atoms. The van der Waals surface area contributed by atoms with E-state index in [2.05, 4.69) is 5.32 Å². The fourth-order valence-corrected chi connectivity index (χ4v) is 2.27. The first-order valence-corrected chi connectivity index (χ1v) is 5.95. The quantitative estimate of drug-likeness (QED) is 0.857. The van der Waals surface area contributed by atoms with E-state index < -0.39 is 0 Å². The van der Waals surface area contributed by atoms with Crippen molar-refractivity contribution in [2.45, 2.75) is 33.7 Å². The molecule has 1 rings (SSSR count). The van der Waals surface area contributed by atoms with Crippen molar-refractivity contribution in [2.24, 2.45) is 0 Å². The number of aliphatic hydroxyl groups excluding tert-OH is 1. The van der Waals surface area contributed by atoms with Crippen molar-refractivity contribution in [3.63, 3.8) is 0 Å². The molecule has 4 nitrogen and oxygen atoms in total. The summed E-state index contributed by atoms with van der Waals surface area (Å²) in [5, 5.41) is 12.2. The zero-order valence-corrected chi connectivity index (χ0v) is 11.6. The predicted octanol–water partition coefficient (Wildman–Crippen LogP) is 1.79. The Kier molecular flexibility index (Phi) is 4.73. The summed E-state index contributed by atoms with van der Waals surface area (Å²) >= 11 is 0. The molecule has 2 N–H and O–H groups in total. The smallest absolute Gasteiger partial charge is 0.217 e. The molecule has 1 aromatic carbocycles. The maximum Gasteiger partial charge on any atom is 0.217 e. The second-order valence-corrected chi connectivity index (χ2v) is 4.50. The highest BCUT2D eigenvalue weighted by Crippen LogP contribution is 2.31. The van der Waals surface area contributed by atoms with E-state index in [1.165, 1.54) is 6.92 Å². The lowest BCUT2D eigenvalue weighted by Gasteiger charge is -2.23. The highest BCUT2D eigenvalue weighted by atomic mass is 16.5. The Balaban J connectivity index is 3.30. The Morgan fingerprint density at radius 2 is 2.00 bits per heavy atom. The summed E-state index contributed by atoms with van der Waals surface area (Å²) in [4.78, 5) is 11.2. The summed E-state index contributed by atoms with van der Waals surface area (Å²) in [7, 11) is 1.64. The Morgan fingerprint density at radius 1 is 1.39 bits per heavy atom. The highest BCUT2D eigenvalue weighted by Gasteiger charge is 2.19. The SMILES string of the molecule is COc1cc(C)c(C(CO)NC(C)=O)c(C)c1C. The molecule has 0 aliphatic rings. The van der Waals surface area contributed by atoms with Crippen LogP contribution in [-0.4, -0.2) is 24.7 Å². The van der Waals surface area contributed by atoms with Crippen molar-refractivity contribution >= 4 is 5.91 Å². The molecule has 1 aromatic rings. The second-order valence-electron chi connectivity index (χ2n) is 4.50. The van der Waals surface area contributed by atoms with Crippen LogP contribution >= 0.6 is 0 Å². The number of benzene rings is 1. The fourth-order valence-electron chi connectivity index (χ4n) is 2.27. The molecule has 1 amide bonds. The van der Waals surface area contributed by atoms with Crippen LogP contribution in [0.1, 0.15) is 35.2 Å². The average molecular weight is 251 g/mol. The van der Waals surface area contributed by atoms with Crippen LogP contribution < -0.4 is 10.1 Å². The molecule has 1 unspecified atom stereocenters. The first kappa shape index (κ1) is 14.5. The van der Waals surface area contributed by atoms with E-state index in [0.717, 1.165) is 28.0 Å². The molecule has 4 heteroatoms. The first-order chi connectivity index (χ1) is 8.42. The Labute approximate surface area is 108 Å². The van der Waals surface area contributed by atoms with Crippen LogP contribution in [0, 0.1) is 20.8 Å². The number of rotatable bonds is 4. The molecule has 1 atom stereocenters. The monoisotopic (exact) mass is 251 g/mol. The van der Waals surface area contributed by atoms with Gasteiger partial charge in [0.1, 0.15) is 5.75 Å².